The number of aryl methyl sites for hydroxylation is 2. The summed E-state index contributed by atoms with van der Waals surface area (Å²) in [5.74, 6) is 2.71. The Balaban J connectivity index is 1.41. The average molecular weight is 433 g/mol. The van der Waals surface area contributed by atoms with Gasteiger partial charge in [0, 0.05) is 23.3 Å². The van der Waals surface area contributed by atoms with Crippen LogP contribution in [0.25, 0.3) is 22.3 Å². The zero-order valence-electron chi connectivity index (χ0n) is 19.4. The minimum atomic E-state index is 1.32. The molecule has 0 aromatic heterocycles. The van der Waals surface area contributed by atoms with Crippen LogP contribution in [-0.4, -0.2) is 0 Å². The summed E-state index contributed by atoms with van der Waals surface area (Å²) in [5.41, 5.74) is 16.0. The molecule has 0 radical (unpaired) electrons. The van der Waals surface area contributed by atoms with Crippen LogP contribution in [-0.2, 0) is 0 Å². The molecule has 0 nitrogen and oxygen atoms in total. The van der Waals surface area contributed by atoms with Crippen molar-refractivity contribution >= 4 is 0 Å². The maximum atomic E-state index is 2.41. The van der Waals surface area contributed by atoms with Crippen molar-refractivity contribution in [3.63, 3.8) is 0 Å². The normalized spacial score (nSPS) is 12.9. The third-order valence-corrected chi connectivity index (χ3v) is 7.48. The molecule has 0 atom stereocenters. The van der Waals surface area contributed by atoms with E-state index in [0.29, 0.717) is 0 Å². The molecular formula is C34H24+2. The molecule has 0 fully saturated rings. The fourth-order valence-corrected chi connectivity index (χ4v) is 5.97. The fourth-order valence-electron chi connectivity index (χ4n) is 5.97. The van der Waals surface area contributed by atoms with E-state index in [1.54, 1.807) is 0 Å². The molecule has 0 spiro atoms. The van der Waals surface area contributed by atoms with Crippen molar-refractivity contribution in [1.29, 1.82) is 0 Å². The Bertz CT molecular complexity index is 1370. The maximum absolute atomic E-state index is 2.41. The van der Waals surface area contributed by atoms with Crippen LogP contribution >= 0.6 is 0 Å². The van der Waals surface area contributed by atoms with Gasteiger partial charge >= 0.3 is 0 Å². The van der Waals surface area contributed by atoms with E-state index in [-0.39, 0.29) is 0 Å². The van der Waals surface area contributed by atoms with Gasteiger partial charge in [-0.2, -0.15) is 0 Å². The van der Waals surface area contributed by atoms with Gasteiger partial charge in [-0.05, 0) is 111 Å². The van der Waals surface area contributed by atoms with Crippen molar-refractivity contribution < 1.29 is 0 Å². The molecule has 0 unspecified atom stereocenters. The highest BCUT2D eigenvalue weighted by molar-refractivity contribution is 5.89. The lowest BCUT2D eigenvalue weighted by Crippen LogP contribution is -2.08. The number of hydrogen-bond acceptors (Lipinski definition) is 0. The molecule has 0 heterocycles. The van der Waals surface area contributed by atoms with E-state index in [1.807, 2.05) is 0 Å². The number of fused-ring (bicyclic) bond motifs is 6. The Morgan fingerprint density at radius 2 is 0.618 bits per heavy atom. The van der Waals surface area contributed by atoms with Crippen molar-refractivity contribution in [3.05, 3.63) is 166 Å². The van der Waals surface area contributed by atoms with Crippen LogP contribution in [0.5, 0.6) is 0 Å². The zero-order chi connectivity index (χ0) is 22.8. The largest absolute Gasteiger partial charge is 0.0681 e. The quantitative estimate of drug-likeness (QED) is 0.241. The summed E-state index contributed by atoms with van der Waals surface area (Å²) in [6.45, 7) is 4.53. The molecule has 5 aromatic rings. The van der Waals surface area contributed by atoms with Crippen LogP contribution < -0.4 is 0 Å². The molecule has 2 aliphatic rings. The summed E-state index contributed by atoms with van der Waals surface area (Å²) in [6, 6.07) is 40.1. The van der Waals surface area contributed by atoms with Crippen LogP contribution in [0, 0.1) is 25.7 Å². The van der Waals surface area contributed by atoms with Gasteiger partial charge in [-0.3, -0.25) is 0 Å². The van der Waals surface area contributed by atoms with Gasteiger partial charge in [0.15, 0.2) is 0 Å². The molecular weight excluding hydrogens is 408 g/mol. The third-order valence-electron chi connectivity index (χ3n) is 7.48. The SMILES string of the molecule is Cc1cc([C+]2c3ccccc3-c3ccccc32)c(C)cc1[C+]1c2ccccc2-c2ccccc21. The Morgan fingerprint density at radius 1 is 0.353 bits per heavy atom. The Labute approximate surface area is 201 Å². The second kappa shape index (κ2) is 7.17. The highest BCUT2D eigenvalue weighted by Gasteiger charge is 2.40. The van der Waals surface area contributed by atoms with Crippen molar-refractivity contribution in [2.24, 2.45) is 0 Å². The van der Waals surface area contributed by atoms with E-state index in [0.717, 1.165) is 0 Å². The molecule has 0 bridgehead atoms. The molecule has 34 heavy (non-hydrogen) atoms. The van der Waals surface area contributed by atoms with Gasteiger partial charge in [0.1, 0.15) is 0 Å². The highest BCUT2D eigenvalue weighted by atomic mass is 14.4. The molecule has 2 aliphatic carbocycles. The second-order valence-electron chi connectivity index (χ2n) is 9.41. The van der Waals surface area contributed by atoms with Gasteiger partial charge in [0.2, 0.25) is 0 Å². The molecule has 0 heteroatoms. The zero-order valence-corrected chi connectivity index (χ0v) is 19.4. The minimum Gasteiger partial charge on any atom is -0.0500 e. The summed E-state index contributed by atoms with van der Waals surface area (Å²) < 4.78 is 0. The van der Waals surface area contributed by atoms with Gasteiger partial charge in [0.25, 0.3) is 0 Å². The Morgan fingerprint density at radius 3 is 0.912 bits per heavy atom. The van der Waals surface area contributed by atoms with E-state index < -0.39 is 0 Å². The second-order valence-corrected chi connectivity index (χ2v) is 9.41. The van der Waals surface area contributed by atoms with Gasteiger partial charge < -0.3 is 0 Å². The lowest BCUT2D eigenvalue weighted by atomic mass is 9.80. The Kier molecular flexibility index (Phi) is 4.07. The predicted molar refractivity (Wildman–Crippen MR) is 141 cm³/mol. The monoisotopic (exact) mass is 432 g/mol. The summed E-state index contributed by atoms with van der Waals surface area (Å²) in [7, 11) is 0. The first-order valence-electron chi connectivity index (χ1n) is 12.0. The van der Waals surface area contributed by atoms with Crippen LogP contribution in [0.2, 0.25) is 0 Å². The van der Waals surface area contributed by atoms with Gasteiger partial charge in [0.05, 0.1) is 67.5 Å². The minimum absolute atomic E-state index is 1.32. The maximum Gasteiger partial charge on any atom is 0.0681 e. The topological polar surface area (TPSA) is 0 Å². The van der Waals surface area contributed by atoms with E-state index in [9.17, 15) is 0 Å². The molecule has 158 valence electrons. The molecule has 5 aromatic carbocycles. The van der Waals surface area contributed by atoms with Crippen LogP contribution in [0.15, 0.2) is 109 Å². The van der Waals surface area contributed by atoms with Crippen LogP contribution in [0.4, 0.5) is 0 Å². The fraction of sp³-hybridized carbons (Fsp3) is 0.0588. The van der Waals surface area contributed by atoms with Crippen molar-refractivity contribution in [3.8, 4) is 22.3 Å². The first-order chi connectivity index (χ1) is 16.7. The van der Waals surface area contributed by atoms with Crippen molar-refractivity contribution in [2.75, 3.05) is 0 Å². The van der Waals surface area contributed by atoms with Gasteiger partial charge in [-0.25, -0.2) is 0 Å². The lowest BCUT2D eigenvalue weighted by Gasteiger charge is -2.16. The van der Waals surface area contributed by atoms with Crippen LogP contribution in [0.1, 0.15) is 44.5 Å². The van der Waals surface area contributed by atoms with Crippen LogP contribution in [0.3, 0.4) is 0 Å². The molecule has 0 saturated carbocycles. The molecule has 0 aliphatic heterocycles. The van der Waals surface area contributed by atoms with Crippen molar-refractivity contribution in [1.82, 2.24) is 0 Å². The number of rotatable bonds is 2. The smallest absolute Gasteiger partial charge is 0.0500 e. The molecule has 0 amide bonds. The summed E-state index contributed by atoms with van der Waals surface area (Å²) in [5, 5.41) is 0. The van der Waals surface area contributed by atoms with E-state index >= 15 is 0 Å². The summed E-state index contributed by atoms with van der Waals surface area (Å²) in [4.78, 5) is 0. The predicted octanol–water partition coefficient (Wildman–Crippen LogP) is 8.30. The van der Waals surface area contributed by atoms with E-state index in [2.05, 4.69) is 123 Å². The summed E-state index contributed by atoms with van der Waals surface area (Å²) in [6.07, 6.45) is 0. The van der Waals surface area contributed by atoms with Gasteiger partial charge in [-0.1, -0.05) is 0 Å². The van der Waals surface area contributed by atoms with E-state index in [1.165, 1.54) is 78.6 Å². The lowest BCUT2D eigenvalue weighted by molar-refractivity contribution is 1.16. The highest BCUT2D eigenvalue weighted by Crippen LogP contribution is 2.51. The standard InChI is InChI=1S/C34H24/c1-21-19-32(34-29-17-9-5-13-25(29)26-14-6-10-18-30(26)34)22(2)20-31(21)33-27-15-7-3-11-23(27)24-12-4-8-16-28(24)33/h3-20H,1-2H3/q+2. The first-order valence-corrected chi connectivity index (χ1v) is 12.0. The average Bonchev–Trinajstić information content (AvgIpc) is 3.39. The van der Waals surface area contributed by atoms with Gasteiger partial charge in [-0.15, -0.1) is 0 Å². The van der Waals surface area contributed by atoms with E-state index in [4.69, 9.17) is 0 Å². The third kappa shape index (κ3) is 2.60. The molecule has 0 saturated heterocycles. The Hall–Kier alpha value is -4.16. The molecule has 7 rings (SSSR count). The number of hydrogen-bond donors (Lipinski definition) is 0. The molecule has 0 N–H and O–H groups in total. The van der Waals surface area contributed by atoms with Crippen molar-refractivity contribution in [2.45, 2.75) is 13.8 Å². The number of benzene rings is 5. The first kappa shape index (κ1) is 19.3. The summed E-state index contributed by atoms with van der Waals surface area (Å²) >= 11 is 0.